The van der Waals surface area contributed by atoms with Gasteiger partial charge in [0.25, 0.3) is 11.5 Å². The highest BCUT2D eigenvalue weighted by Crippen LogP contribution is 2.37. The molecule has 6 rings (SSSR count). The molecule has 0 atom stereocenters. The summed E-state index contributed by atoms with van der Waals surface area (Å²) in [5.41, 5.74) is 6.13. The minimum absolute atomic E-state index is 0.195. The summed E-state index contributed by atoms with van der Waals surface area (Å²) in [6.45, 7) is 5.11. The van der Waals surface area contributed by atoms with E-state index in [2.05, 4.69) is 17.0 Å². The molecule has 6 nitrogen and oxygen atoms in total. The van der Waals surface area contributed by atoms with E-state index in [1.165, 1.54) is 17.3 Å². The van der Waals surface area contributed by atoms with Crippen molar-refractivity contribution in [2.24, 2.45) is 0 Å². The van der Waals surface area contributed by atoms with Crippen LogP contribution in [0.2, 0.25) is 0 Å². The Morgan fingerprint density at radius 1 is 1.03 bits per heavy atom. The van der Waals surface area contributed by atoms with Crippen LogP contribution in [0.15, 0.2) is 76.6 Å². The topological polar surface area (TPSA) is 57.9 Å². The van der Waals surface area contributed by atoms with Gasteiger partial charge in [0.2, 0.25) is 0 Å². The third-order valence-corrected chi connectivity index (χ3v) is 8.42. The molecule has 190 valence electrons. The van der Waals surface area contributed by atoms with Crippen molar-refractivity contribution in [1.82, 2.24) is 14.3 Å². The molecule has 8 heteroatoms. The molecule has 4 aromatic rings. The van der Waals surface area contributed by atoms with Gasteiger partial charge in [-0.25, -0.2) is 4.98 Å². The Morgan fingerprint density at radius 2 is 1.82 bits per heavy atom. The number of aryl methyl sites for hydroxylation is 3. The second-order valence-corrected chi connectivity index (χ2v) is 11.4. The highest BCUT2D eigenvalue weighted by Gasteiger charge is 2.33. The Bertz CT molecular complexity index is 1690. The van der Waals surface area contributed by atoms with Gasteiger partial charge >= 0.3 is 0 Å². The number of pyridine rings is 1. The summed E-state index contributed by atoms with van der Waals surface area (Å²) in [5, 5.41) is 0. The van der Waals surface area contributed by atoms with E-state index in [1.807, 2.05) is 62.4 Å². The molecular formula is C30H26N4O2S2. The molecule has 1 fully saturated rings. The van der Waals surface area contributed by atoms with Gasteiger partial charge in [0.05, 0.1) is 17.0 Å². The molecule has 0 spiro atoms. The van der Waals surface area contributed by atoms with E-state index in [-0.39, 0.29) is 11.5 Å². The first kappa shape index (κ1) is 24.6. The number of nitrogens with zero attached hydrogens (tertiary/aromatic N) is 4. The van der Waals surface area contributed by atoms with Crippen LogP contribution in [-0.2, 0) is 17.8 Å². The van der Waals surface area contributed by atoms with Crippen molar-refractivity contribution < 1.29 is 4.79 Å². The van der Waals surface area contributed by atoms with Crippen LogP contribution < -0.4 is 10.5 Å². The minimum Gasteiger partial charge on any atom is -0.325 e. The van der Waals surface area contributed by atoms with E-state index < -0.39 is 0 Å². The van der Waals surface area contributed by atoms with E-state index in [9.17, 15) is 9.59 Å². The number of para-hydroxylation sites is 1. The van der Waals surface area contributed by atoms with E-state index in [0.29, 0.717) is 32.8 Å². The highest BCUT2D eigenvalue weighted by molar-refractivity contribution is 8.26. The Kier molecular flexibility index (Phi) is 6.37. The summed E-state index contributed by atoms with van der Waals surface area (Å²) in [6.07, 6.45) is 5.34. The molecule has 2 aliphatic heterocycles. The number of fused-ring (bicyclic) bond motifs is 2. The molecule has 0 bridgehead atoms. The summed E-state index contributed by atoms with van der Waals surface area (Å²) >= 11 is 6.82. The Morgan fingerprint density at radius 3 is 2.63 bits per heavy atom. The number of aromatic nitrogens is 2. The number of benzene rings is 2. The van der Waals surface area contributed by atoms with Crippen LogP contribution in [-0.4, -0.2) is 31.1 Å². The number of anilines is 2. The molecule has 1 saturated heterocycles. The van der Waals surface area contributed by atoms with E-state index in [1.54, 1.807) is 21.6 Å². The molecule has 1 amide bonds. The number of carbonyl (C=O) groups excluding carboxylic acids is 1. The van der Waals surface area contributed by atoms with Crippen LogP contribution in [0.4, 0.5) is 11.5 Å². The summed E-state index contributed by atoms with van der Waals surface area (Å²) in [6, 6.07) is 20.1. The van der Waals surface area contributed by atoms with Gasteiger partial charge in [-0.3, -0.25) is 18.9 Å². The number of hydrogen-bond acceptors (Lipinski definition) is 6. The molecule has 0 unspecified atom stereocenters. The van der Waals surface area contributed by atoms with Gasteiger partial charge in [0.1, 0.15) is 15.8 Å². The van der Waals surface area contributed by atoms with Crippen LogP contribution in [0.25, 0.3) is 11.7 Å². The Balaban J connectivity index is 1.47. The SMILES string of the molecule is Cc1ccc(CN2C(=O)/C(=C\c3c(N4CCCc5ccccc54)nc4c(C)cccn4c3=O)SC2=S)cc1. The van der Waals surface area contributed by atoms with Crippen molar-refractivity contribution in [2.75, 3.05) is 11.4 Å². The number of thiocarbonyl (C=S) groups is 1. The second-order valence-electron chi connectivity index (χ2n) is 9.68. The molecule has 38 heavy (non-hydrogen) atoms. The van der Waals surface area contributed by atoms with Crippen LogP contribution in [0.5, 0.6) is 0 Å². The fourth-order valence-corrected chi connectivity index (χ4v) is 6.27. The molecule has 2 aromatic carbocycles. The first-order chi connectivity index (χ1) is 18.4. The van der Waals surface area contributed by atoms with Crippen LogP contribution in [0, 0.1) is 13.8 Å². The van der Waals surface area contributed by atoms with Gasteiger partial charge in [0.15, 0.2) is 0 Å². The molecule has 0 aliphatic carbocycles. The molecule has 2 aliphatic rings. The second kappa shape index (κ2) is 9.85. The Hall–Kier alpha value is -3.75. The lowest BCUT2D eigenvalue weighted by Crippen LogP contribution is -2.30. The van der Waals surface area contributed by atoms with Crippen LogP contribution in [0.1, 0.15) is 34.2 Å². The van der Waals surface area contributed by atoms with E-state index >= 15 is 0 Å². The van der Waals surface area contributed by atoms with Crippen molar-refractivity contribution in [1.29, 1.82) is 0 Å². The summed E-state index contributed by atoms with van der Waals surface area (Å²) in [4.78, 5) is 36.6. The fraction of sp³-hybridized carbons (Fsp3) is 0.200. The summed E-state index contributed by atoms with van der Waals surface area (Å²) < 4.78 is 2.05. The molecule has 4 heterocycles. The average molecular weight is 539 g/mol. The molecule has 2 aromatic heterocycles. The van der Waals surface area contributed by atoms with Crippen LogP contribution in [0.3, 0.4) is 0 Å². The van der Waals surface area contributed by atoms with Crippen molar-refractivity contribution in [2.45, 2.75) is 33.2 Å². The van der Waals surface area contributed by atoms with Gasteiger partial charge in [-0.05, 0) is 61.6 Å². The largest absolute Gasteiger partial charge is 0.325 e. The monoisotopic (exact) mass is 538 g/mol. The minimum atomic E-state index is -0.208. The lowest BCUT2D eigenvalue weighted by atomic mass is 10.0. The number of carbonyl (C=O) groups is 1. The third-order valence-electron chi connectivity index (χ3n) is 7.04. The quantitative estimate of drug-likeness (QED) is 0.242. The van der Waals surface area contributed by atoms with Gasteiger partial charge in [-0.1, -0.05) is 78.1 Å². The summed E-state index contributed by atoms with van der Waals surface area (Å²) in [5.74, 6) is 0.375. The van der Waals surface area contributed by atoms with E-state index in [0.717, 1.165) is 41.8 Å². The zero-order valence-corrected chi connectivity index (χ0v) is 22.8. The van der Waals surface area contributed by atoms with Crippen LogP contribution >= 0.6 is 24.0 Å². The maximum absolute atomic E-state index is 13.9. The first-order valence-electron chi connectivity index (χ1n) is 12.6. The van der Waals surface area contributed by atoms with Gasteiger partial charge in [-0.15, -0.1) is 0 Å². The highest BCUT2D eigenvalue weighted by atomic mass is 32.2. The number of rotatable bonds is 4. The predicted molar refractivity (Wildman–Crippen MR) is 158 cm³/mol. The van der Waals surface area contributed by atoms with E-state index in [4.69, 9.17) is 17.2 Å². The van der Waals surface area contributed by atoms with Crippen molar-refractivity contribution in [3.05, 3.63) is 110 Å². The molecule has 0 saturated carbocycles. The third kappa shape index (κ3) is 4.33. The van der Waals surface area contributed by atoms with Gasteiger partial charge in [-0.2, -0.15) is 0 Å². The van der Waals surface area contributed by atoms with Gasteiger partial charge < -0.3 is 4.90 Å². The van der Waals surface area contributed by atoms with Crippen molar-refractivity contribution in [3.8, 4) is 0 Å². The fourth-order valence-electron chi connectivity index (χ4n) is 5.03. The number of thioether (sulfide) groups is 1. The normalized spacial score (nSPS) is 16.5. The molecule has 0 radical (unpaired) electrons. The maximum Gasteiger partial charge on any atom is 0.267 e. The number of amides is 1. The average Bonchev–Trinajstić information content (AvgIpc) is 3.19. The van der Waals surface area contributed by atoms with Crippen molar-refractivity contribution in [3.63, 3.8) is 0 Å². The Labute approximate surface area is 230 Å². The maximum atomic E-state index is 13.9. The smallest absolute Gasteiger partial charge is 0.267 e. The standard InChI is InChI=1S/C30H26N4O2S2/c1-19-11-13-21(14-12-19)18-34-29(36)25(38-30(34)37)17-23-27(31-26-20(2)7-5-16-33(26)28(23)35)32-15-6-9-22-8-3-4-10-24(22)32/h3-5,7-8,10-14,16-17H,6,9,15,18H2,1-2H3/b25-17+. The molecule has 0 N–H and O–H groups in total. The predicted octanol–water partition coefficient (Wildman–Crippen LogP) is 5.80. The lowest BCUT2D eigenvalue weighted by Gasteiger charge is -2.31. The van der Waals surface area contributed by atoms with Crippen molar-refractivity contribution >= 4 is 57.4 Å². The first-order valence-corrected chi connectivity index (χ1v) is 13.8. The zero-order chi connectivity index (χ0) is 26.4. The lowest BCUT2D eigenvalue weighted by molar-refractivity contribution is -0.122. The molecular weight excluding hydrogens is 512 g/mol. The van der Waals surface area contributed by atoms with Gasteiger partial charge in [0, 0.05) is 18.4 Å². The summed E-state index contributed by atoms with van der Waals surface area (Å²) in [7, 11) is 0. The zero-order valence-electron chi connectivity index (χ0n) is 21.2. The number of hydrogen-bond donors (Lipinski definition) is 0.